The summed E-state index contributed by atoms with van der Waals surface area (Å²) in [5.41, 5.74) is 12.4. The number of hydrogen-bond acceptors (Lipinski definition) is 5. The maximum Gasteiger partial charge on any atom is 0.203 e. The fourth-order valence-electron chi connectivity index (χ4n) is 4.67. The highest BCUT2D eigenvalue weighted by molar-refractivity contribution is 7.59. The number of piperidine rings is 1. The summed E-state index contributed by atoms with van der Waals surface area (Å²) < 4.78 is 17.3. The molecule has 164 valence electrons. The largest absolute Gasteiger partial charge is 0.370 e. The molecule has 1 saturated heterocycles. The topological polar surface area (TPSA) is 77.8 Å². The van der Waals surface area contributed by atoms with E-state index in [1.165, 1.54) is 17.8 Å². The van der Waals surface area contributed by atoms with Crippen LogP contribution in [0.2, 0.25) is 0 Å². The summed E-state index contributed by atoms with van der Waals surface area (Å²) in [5, 5.41) is 12.5. The van der Waals surface area contributed by atoms with Crippen LogP contribution in [0.15, 0.2) is 54.7 Å². The van der Waals surface area contributed by atoms with E-state index in [9.17, 15) is 4.39 Å². The van der Waals surface area contributed by atoms with E-state index < -0.39 is 0 Å². The summed E-state index contributed by atoms with van der Waals surface area (Å²) in [5.74, 6) is 0.451. The summed E-state index contributed by atoms with van der Waals surface area (Å²) in [4.78, 5) is 2.36. The molecule has 2 aromatic heterocycles. The zero-order chi connectivity index (χ0) is 20.9. The van der Waals surface area contributed by atoms with Gasteiger partial charge in [-0.3, -0.25) is 0 Å². The van der Waals surface area contributed by atoms with E-state index in [0.29, 0.717) is 12.4 Å². The molecule has 1 fully saturated rings. The summed E-state index contributed by atoms with van der Waals surface area (Å²) in [7, 11) is 0. The van der Waals surface area contributed by atoms with E-state index in [-0.39, 0.29) is 25.4 Å². The molecule has 2 aromatic carbocycles. The Bertz CT molecular complexity index is 1260. The first-order valence-electron chi connectivity index (χ1n) is 10.5. The van der Waals surface area contributed by atoms with Crippen molar-refractivity contribution in [2.75, 3.05) is 18.0 Å². The predicted octanol–water partition coefficient (Wildman–Crippen LogP) is 3.34. The Balaban J connectivity index is 0.00000216. The van der Waals surface area contributed by atoms with Crippen LogP contribution in [0.4, 0.5) is 10.1 Å². The van der Waals surface area contributed by atoms with E-state index >= 15 is 0 Å². The molecule has 0 spiro atoms. The summed E-state index contributed by atoms with van der Waals surface area (Å²) in [6.07, 6.45) is 4.27. The first kappa shape index (κ1) is 20.7. The third kappa shape index (κ3) is 3.47. The second-order valence-corrected chi connectivity index (χ2v) is 8.32. The van der Waals surface area contributed by atoms with Crippen molar-refractivity contribution in [3.63, 3.8) is 0 Å². The first-order chi connectivity index (χ1) is 15.2. The molecule has 4 heterocycles. The number of hydrogen-bond donors (Lipinski definition) is 1. The van der Waals surface area contributed by atoms with Crippen LogP contribution in [0.3, 0.4) is 0 Å². The number of fused-ring (bicyclic) bond motifs is 5. The van der Waals surface area contributed by atoms with Crippen molar-refractivity contribution in [1.82, 2.24) is 24.8 Å². The molecule has 9 heteroatoms. The van der Waals surface area contributed by atoms with Gasteiger partial charge in [0.25, 0.3) is 0 Å². The minimum Gasteiger partial charge on any atom is -0.370 e. The second-order valence-electron chi connectivity index (χ2n) is 8.32. The molecule has 2 N–H and O–H groups in total. The van der Waals surface area contributed by atoms with Crippen molar-refractivity contribution in [2.24, 2.45) is 5.73 Å². The minimum absolute atomic E-state index is 0. The van der Waals surface area contributed by atoms with E-state index in [2.05, 4.69) is 55.5 Å². The van der Waals surface area contributed by atoms with E-state index in [4.69, 9.17) is 5.73 Å². The van der Waals surface area contributed by atoms with Crippen molar-refractivity contribution in [1.29, 1.82) is 0 Å². The SMILES string of the molecule is N[C@H]1CCCN(c2ccc3c(c2)Cn2cc(-c4ccc(F)cc4)cc2-c2nnnn2-3)C1.S. The highest BCUT2D eigenvalue weighted by atomic mass is 32.1. The van der Waals surface area contributed by atoms with Gasteiger partial charge in [0.2, 0.25) is 5.82 Å². The monoisotopic (exact) mass is 449 g/mol. The second kappa shape index (κ2) is 8.07. The van der Waals surface area contributed by atoms with Crippen molar-refractivity contribution in [3.05, 3.63) is 66.1 Å². The van der Waals surface area contributed by atoms with Crippen LogP contribution >= 0.6 is 13.5 Å². The van der Waals surface area contributed by atoms with Gasteiger partial charge >= 0.3 is 0 Å². The van der Waals surface area contributed by atoms with Gasteiger partial charge in [-0.05, 0) is 70.8 Å². The van der Waals surface area contributed by atoms with Crippen LogP contribution in [-0.2, 0) is 6.54 Å². The first-order valence-corrected chi connectivity index (χ1v) is 10.5. The van der Waals surface area contributed by atoms with Gasteiger partial charge in [-0.1, -0.05) is 12.1 Å². The number of nitrogens with zero attached hydrogens (tertiary/aromatic N) is 6. The number of anilines is 1. The maximum absolute atomic E-state index is 13.4. The number of halogens is 1. The summed E-state index contributed by atoms with van der Waals surface area (Å²) in [6.45, 7) is 2.58. The van der Waals surface area contributed by atoms with Crippen molar-refractivity contribution in [2.45, 2.75) is 25.4 Å². The Hall–Kier alpha value is -3.17. The summed E-state index contributed by atoms with van der Waals surface area (Å²) >= 11 is 0. The lowest BCUT2D eigenvalue weighted by Crippen LogP contribution is -2.42. The molecule has 7 nitrogen and oxygen atoms in total. The van der Waals surface area contributed by atoms with Gasteiger partial charge < -0.3 is 15.2 Å². The van der Waals surface area contributed by atoms with Crippen molar-refractivity contribution < 1.29 is 4.39 Å². The highest BCUT2D eigenvalue weighted by Crippen LogP contribution is 2.34. The molecule has 4 aromatic rings. The smallest absolute Gasteiger partial charge is 0.203 e. The van der Waals surface area contributed by atoms with Gasteiger partial charge in [-0.2, -0.15) is 18.2 Å². The van der Waals surface area contributed by atoms with Gasteiger partial charge in [-0.15, -0.1) is 5.10 Å². The molecule has 0 aliphatic carbocycles. The normalized spacial score (nSPS) is 17.1. The molecular weight excluding hydrogens is 425 g/mol. The summed E-state index contributed by atoms with van der Waals surface area (Å²) in [6, 6.07) is 15.3. The Labute approximate surface area is 192 Å². The van der Waals surface area contributed by atoms with Gasteiger partial charge in [0.1, 0.15) is 5.82 Å². The van der Waals surface area contributed by atoms with E-state index in [1.54, 1.807) is 16.8 Å². The highest BCUT2D eigenvalue weighted by Gasteiger charge is 2.25. The number of tetrazole rings is 1. The third-order valence-corrected chi connectivity index (χ3v) is 6.23. The van der Waals surface area contributed by atoms with Crippen LogP contribution in [-0.4, -0.2) is 43.9 Å². The zero-order valence-electron chi connectivity index (χ0n) is 17.4. The maximum atomic E-state index is 13.4. The quantitative estimate of drug-likeness (QED) is 0.447. The van der Waals surface area contributed by atoms with Gasteiger partial charge in [-0.25, -0.2) is 4.39 Å². The molecule has 0 amide bonds. The van der Waals surface area contributed by atoms with Crippen LogP contribution in [0.1, 0.15) is 18.4 Å². The molecule has 0 saturated carbocycles. The molecule has 0 unspecified atom stereocenters. The number of rotatable bonds is 2. The predicted molar refractivity (Wildman–Crippen MR) is 127 cm³/mol. The number of aromatic nitrogens is 5. The van der Waals surface area contributed by atoms with Crippen LogP contribution < -0.4 is 10.6 Å². The fraction of sp³-hybridized carbons (Fsp3) is 0.261. The zero-order valence-corrected chi connectivity index (χ0v) is 18.4. The standard InChI is InChI=1S/C23H22FN7.H2S/c24-18-5-3-15(4-6-18)16-11-22-23-26-27-28-31(23)21-8-7-20(10-17(21)13-30(22)12-16)29-9-1-2-19(25)14-29;/h3-8,10-12,19H,1-2,9,13-14,25H2;1H2/t19-;/m0./s1. The fourth-order valence-corrected chi connectivity index (χ4v) is 4.67. The number of benzene rings is 2. The molecule has 2 aliphatic rings. The van der Waals surface area contributed by atoms with Gasteiger partial charge in [0, 0.05) is 43.1 Å². The van der Waals surface area contributed by atoms with Gasteiger partial charge in [0.05, 0.1) is 11.4 Å². The Morgan fingerprint density at radius 3 is 2.69 bits per heavy atom. The lowest BCUT2D eigenvalue weighted by atomic mass is 10.0. The van der Waals surface area contributed by atoms with Crippen molar-refractivity contribution >= 4 is 19.2 Å². The lowest BCUT2D eigenvalue weighted by molar-refractivity contribution is 0.506. The molecule has 6 rings (SSSR count). The van der Waals surface area contributed by atoms with Crippen molar-refractivity contribution in [3.8, 4) is 28.3 Å². The molecule has 2 aliphatic heterocycles. The Morgan fingerprint density at radius 1 is 1.03 bits per heavy atom. The number of nitrogens with two attached hydrogens (primary N) is 1. The third-order valence-electron chi connectivity index (χ3n) is 6.23. The minimum atomic E-state index is -0.243. The molecule has 32 heavy (non-hydrogen) atoms. The van der Waals surface area contributed by atoms with E-state index in [1.807, 2.05) is 0 Å². The Kier molecular flexibility index (Phi) is 5.22. The van der Waals surface area contributed by atoms with E-state index in [0.717, 1.165) is 54.0 Å². The average molecular weight is 450 g/mol. The Morgan fingerprint density at radius 2 is 1.88 bits per heavy atom. The van der Waals surface area contributed by atoms with Gasteiger partial charge in [0.15, 0.2) is 0 Å². The molecule has 0 radical (unpaired) electrons. The average Bonchev–Trinajstić information content (AvgIpc) is 3.39. The van der Waals surface area contributed by atoms with Crippen LogP contribution in [0.5, 0.6) is 0 Å². The molecule has 0 bridgehead atoms. The van der Waals surface area contributed by atoms with Crippen LogP contribution in [0, 0.1) is 5.82 Å². The van der Waals surface area contributed by atoms with Crippen LogP contribution in [0.25, 0.3) is 28.3 Å². The molecule has 1 atom stereocenters. The lowest BCUT2D eigenvalue weighted by Gasteiger charge is -2.33. The molecular formula is C23H24FN7S.